The predicted octanol–water partition coefficient (Wildman–Crippen LogP) is 1.62. The molecule has 0 aromatic heterocycles. The first kappa shape index (κ1) is 14.7. The zero-order valence-corrected chi connectivity index (χ0v) is 11.1. The Kier molecular flexibility index (Phi) is 6.39. The van der Waals surface area contributed by atoms with E-state index in [1.807, 2.05) is 37.3 Å². The van der Waals surface area contributed by atoms with Gasteiger partial charge in [0.05, 0.1) is 12.1 Å². The van der Waals surface area contributed by atoms with Crippen molar-refractivity contribution in [1.29, 1.82) is 0 Å². The van der Waals surface area contributed by atoms with Crippen LogP contribution in [0.1, 0.15) is 31.4 Å². The van der Waals surface area contributed by atoms with Gasteiger partial charge in [-0.05, 0) is 25.3 Å². The molecule has 1 amide bonds. The Balaban J connectivity index is 2.39. The van der Waals surface area contributed by atoms with E-state index >= 15 is 0 Å². The third-order valence-corrected chi connectivity index (χ3v) is 2.86. The molecule has 0 aliphatic carbocycles. The van der Waals surface area contributed by atoms with Crippen molar-refractivity contribution in [1.82, 2.24) is 5.32 Å². The largest absolute Gasteiger partial charge is 0.385 e. The SMILES string of the molecule is COCCCC(N)C(=O)NC(C)c1ccccc1. The Bertz CT molecular complexity index is 354. The molecule has 1 aromatic rings. The van der Waals surface area contributed by atoms with Crippen LogP contribution in [0.15, 0.2) is 30.3 Å². The van der Waals surface area contributed by atoms with E-state index in [-0.39, 0.29) is 11.9 Å². The van der Waals surface area contributed by atoms with E-state index in [1.54, 1.807) is 7.11 Å². The maximum absolute atomic E-state index is 11.8. The molecule has 2 atom stereocenters. The van der Waals surface area contributed by atoms with Gasteiger partial charge in [-0.25, -0.2) is 0 Å². The maximum atomic E-state index is 11.8. The number of hydrogen-bond donors (Lipinski definition) is 2. The molecule has 2 unspecified atom stereocenters. The second kappa shape index (κ2) is 7.84. The normalized spacial score (nSPS) is 13.9. The van der Waals surface area contributed by atoms with Crippen LogP contribution < -0.4 is 11.1 Å². The lowest BCUT2D eigenvalue weighted by molar-refractivity contribution is -0.123. The molecule has 0 heterocycles. The summed E-state index contributed by atoms with van der Waals surface area (Å²) < 4.78 is 4.94. The van der Waals surface area contributed by atoms with Gasteiger partial charge in [-0.2, -0.15) is 0 Å². The van der Waals surface area contributed by atoms with Gasteiger partial charge in [-0.15, -0.1) is 0 Å². The van der Waals surface area contributed by atoms with E-state index in [0.717, 1.165) is 12.0 Å². The van der Waals surface area contributed by atoms with Crippen molar-refractivity contribution < 1.29 is 9.53 Å². The Morgan fingerprint density at radius 1 is 1.39 bits per heavy atom. The molecule has 0 spiro atoms. The smallest absolute Gasteiger partial charge is 0.237 e. The molecule has 1 aromatic carbocycles. The predicted molar refractivity (Wildman–Crippen MR) is 72.1 cm³/mol. The standard InChI is InChI=1S/C14H22N2O2/c1-11(12-7-4-3-5-8-12)16-14(17)13(15)9-6-10-18-2/h3-5,7-8,11,13H,6,9-10,15H2,1-2H3,(H,16,17). The number of amides is 1. The van der Waals surface area contributed by atoms with Crippen molar-refractivity contribution in [3.05, 3.63) is 35.9 Å². The van der Waals surface area contributed by atoms with Crippen molar-refractivity contribution in [3.63, 3.8) is 0 Å². The van der Waals surface area contributed by atoms with Gasteiger partial charge < -0.3 is 15.8 Å². The summed E-state index contributed by atoms with van der Waals surface area (Å²) in [6.07, 6.45) is 1.44. The molecule has 0 aliphatic heterocycles. The molecule has 3 N–H and O–H groups in total. The van der Waals surface area contributed by atoms with E-state index in [4.69, 9.17) is 10.5 Å². The van der Waals surface area contributed by atoms with Crippen molar-refractivity contribution in [3.8, 4) is 0 Å². The van der Waals surface area contributed by atoms with Gasteiger partial charge in [0.25, 0.3) is 0 Å². The number of rotatable bonds is 7. The van der Waals surface area contributed by atoms with Crippen LogP contribution in [0.2, 0.25) is 0 Å². The molecule has 18 heavy (non-hydrogen) atoms. The van der Waals surface area contributed by atoms with Gasteiger partial charge in [-0.3, -0.25) is 4.79 Å². The lowest BCUT2D eigenvalue weighted by Crippen LogP contribution is -2.41. The molecule has 0 bridgehead atoms. The Morgan fingerprint density at radius 3 is 2.67 bits per heavy atom. The zero-order chi connectivity index (χ0) is 13.4. The first-order valence-corrected chi connectivity index (χ1v) is 6.25. The van der Waals surface area contributed by atoms with E-state index < -0.39 is 6.04 Å². The molecule has 4 heteroatoms. The lowest BCUT2D eigenvalue weighted by Gasteiger charge is -2.17. The summed E-state index contributed by atoms with van der Waals surface area (Å²) in [5.41, 5.74) is 6.90. The number of ether oxygens (including phenoxy) is 1. The molecule has 0 radical (unpaired) electrons. The first-order valence-electron chi connectivity index (χ1n) is 6.25. The topological polar surface area (TPSA) is 64.3 Å². The molecule has 0 saturated carbocycles. The fraction of sp³-hybridized carbons (Fsp3) is 0.500. The first-order chi connectivity index (χ1) is 8.65. The maximum Gasteiger partial charge on any atom is 0.237 e. The number of methoxy groups -OCH3 is 1. The van der Waals surface area contributed by atoms with Gasteiger partial charge in [-0.1, -0.05) is 30.3 Å². The second-order valence-electron chi connectivity index (χ2n) is 4.38. The number of nitrogens with two attached hydrogens (primary N) is 1. The van der Waals surface area contributed by atoms with Gasteiger partial charge in [0, 0.05) is 13.7 Å². The molecular formula is C14H22N2O2. The third kappa shape index (κ3) is 4.85. The highest BCUT2D eigenvalue weighted by Crippen LogP contribution is 2.11. The minimum Gasteiger partial charge on any atom is -0.385 e. The van der Waals surface area contributed by atoms with Crippen molar-refractivity contribution in [2.45, 2.75) is 31.8 Å². The number of nitrogens with one attached hydrogen (secondary N) is 1. The summed E-state index contributed by atoms with van der Waals surface area (Å²) in [5.74, 6) is -0.109. The lowest BCUT2D eigenvalue weighted by atomic mass is 10.1. The van der Waals surface area contributed by atoms with Crippen LogP contribution in [-0.2, 0) is 9.53 Å². The monoisotopic (exact) mass is 250 g/mol. The summed E-state index contributed by atoms with van der Waals surface area (Å²) in [4.78, 5) is 11.8. The van der Waals surface area contributed by atoms with Crippen molar-refractivity contribution in [2.24, 2.45) is 5.73 Å². The van der Waals surface area contributed by atoms with Crippen LogP contribution in [0.5, 0.6) is 0 Å². The quantitative estimate of drug-likeness (QED) is 0.723. The minimum atomic E-state index is -0.466. The molecular weight excluding hydrogens is 228 g/mol. The molecule has 0 saturated heterocycles. The summed E-state index contributed by atoms with van der Waals surface area (Å²) >= 11 is 0. The van der Waals surface area contributed by atoms with Gasteiger partial charge >= 0.3 is 0 Å². The van der Waals surface area contributed by atoms with Crippen LogP contribution in [0, 0.1) is 0 Å². The summed E-state index contributed by atoms with van der Waals surface area (Å²) in [7, 11) is 1.64. The highest BCUT2D eigenvalue weighted by Gasteiger charge is 2.15. The van der Waals surface area contributed by atoms with Crippen molar-refractivity contribution in [2.75, 3.05) is 13.7 Å². The fourth-order valence-corrected chi connectivity index (χ4v) is 1.72. The summed E-state index contributed by atoms with van der Waals surface area (Å²) in [6, 6.07) is 9.35. The minimum absolute atomic E-state index is 0.0211. The summed E-state index contributed by atoms with van der Waals surface area (Å²) in [5, 5.41) is 2.92. The molecule has 4 nitrogen and oxygen atoms in total. The number of carbonyl (C=O) groups is 1. The number of carbonyl (C=O) groups excluding carboxylic acids is 1. The average Bonchev–Trinajstić information content (AvgIpc) is 2.39. The van der Waals surface area contributed by atoms with Crippen LogP contribution >= 0.6 is 0 Å². The average molecular weight is 250 g/mol. The molecule has 100 valence electrons. The summed E-state index contributed by atoms with van der Waals surface area (Å²) in [6.45, 7) is 2.59. The Labute approximate surface area is 109 Å². The number of hydrogen-bond acceptors (Lipinski definition) is 3. The fourth-order valence-electron chi connectivity index (χ4n) is 1.72. The highest BCUT2D eigenvalue weighted by atomic mass is 16.5. The third-order valence-electron chi connectivity index (χ3n) is 2.86. The van der Waals surface area contributed by atoms with Crippen LogP contribution in [0.4, 0.5) is 0 Å². The second-order valence-corrected chi connectivity index (χ2v) is 4.38. The highest BCUT2D eigenvalue weighted by molar-refractivity contribution is 5.81. The zero-order valence-electron chi connectivity index (χ0n) is 11.1. The van der Waals surface area contributed by atoms with Crippen LogP contribution in [0.25, 0.3) is 0 Å². The van der Waals surface area contributed by atoms with E-state index in [1.165, 1.54) is 0 Å². The molecule has 0 aliphatic rings. The van der Waals surface area contributed by atoms with Crippen molar-refractivity contribution >= 4 is 5.91 Å². The van der Waals surface area contributed by atoms with E-state index in [9.17, 15) is 4.79 Å². The Hall–Kier alpha value is -1.39. The molecule has 1 rings (SSSR count). The van der Waals surface area contributed by atoms with Crippen LogP contribution in [0.3, 0.4) is 0 Å². The van der Waals surface area contributed by atoms with E-state index in [0.29, 0.717) is 13.0 Å². The van der Waals surface area contributed by atoms with E-state index in [2.05, 4.69) is 5.32 Å². The molecule has 0 fully saturated rings. The van der Waals surface area contributed by atoms with Crippen LogP contribution in [-0.4, -0.2) is 25.7 Å². The Morgan fingerprint density at radius 2 is 2.06 bits per heavy atom. The number of benzene rings is 1. The van der Waals surface area contributed by atoms with Gasteiger partial charge in [0.15, 0.2) is 0 Å². The van der Waals surface area contributed by atoms with Gasteiger partial charge in [0.1, 0.15) is 0 Å². The van der Waals surface area contributed by atoms with Gasteiger partial charge in [0.2, 0.25) is 5.91 Å².